The molecule has 0 N–H and O–H groups in total. The summed E-state index contributed by atoms with van der Waals surface area (Å²) in [5.41, 5.74) is 0.745. The molecule has 0 amide bonds. The zero-order chi connectivity index (χ0) is 25.4. The number of morpholine rings is 1. The summed E-state index contributed by atoms with van der Waals surface area (Å²) >= 11 is 0. The van der Waals surface area contributed by atoms with Gasteiger partial charge >= 0.3 is 0 Å². The number of anilines is 2. The van der Waals surface area contributed by atoms with Crippen LogP contribution in [0.2, 0.25) is 0 Å². The normalized spacial score (nSPS) is 17.8. The molecular formula is C22H27F2N7O4S. The lowest BCUT2D eigenvalue weighted by Gasteiger charge is -2.34. The molecule has 0 radical (unpaired) electrons. The Morgan fingerprint density at radius 2 is 1.67 bits per heavy atom. The van der Waals surface area contributed by atoms with Crippen LogP contribution in [0.3, 0.4) is 0 Å². The number of ether oxygens (including phenoxy) is 2. The van der Waals surface area contributed by atoms with Gasteiger partial charge < -0.3 is 19.3 Å². The van der Waals surface area contributed by atoms with E-state index in [9.17, 15) is 17.2 Å². The van der Waals surface area contributed by atoms with Gasteiger partial charge in [-0.25, -0.2) is 22.2 Å². The molecule has 2 saturated heterocycles. The highest BCUT2D eigenvalue weighted by Crippen LogP contribution is 2.33. The molecule has 2 aliphatic heterocycles. The Bertz CT molecular complexity index is 1350. The molecule has 11 nitrogen and oxygen atoms in total. The van der Waals surface area contributed by atoms with Gasteiger partial charge in [-0.1, -0.05) is 6.07 Å². The van der Waals surface area contributed by atoms with Crippen LogP contribution in [0.15, 0.2) is 24.3 Å². The maximum Gasteiger partial charge on any atom is 0.296 e. The topological polar surface area (TPSA) is 106 Å². The number of hydrogen-bond donors (Lipinski definition) is 0. The first kappa shape index (κ1) is 24.6. The number of fused-ring (bicyclic) bond motifs is 1. The number of benzene rings is 1. The Hall–Kier alpha value is -3.10. The fourth-order valence-electron chi connectivity index (χ4n) is 4.48. The first-order valence-corrected chi connectivity index (χ1v) is 13.4. The van der Waals surface area contributed by atoms with Gasteiger partial charge in [0.15, 0.2) is 5.82 Å². The molecule has 36 heavy (non-hydrogen) atoms. The van der Waals surface area contributed by atoms with Gasteiger partial charge in [0.25, 0.3) is 6.43 Å². The maximum atomic E-state index is 14.2. The summed E-state index contributed by atoms with van der Waals surface area (Å²) in [5.74, 6) is 1.10. The Kier molecular flexibility index (Phi) is 6.66. The van der Waals surface area contributed by atoms with Gasteiger partial charge in [0.05, 0.1) is 32.1 Å². The zero-order valence-electron chi connectivity index (χ0n) is 20.0. The highest BCUT2D eigenvalue weighted by Gasteiger charge is 2.28. The Labute approximate surface area is 207 Å². The van der Waals surface area contributed by atoms with Crippen molar-refractivity contribution in [1.29, 1.82) is 0 Å². The molecule has 0 saturated carbocycles. The van der Waals surface area contributed by atoms with Crippen molar-refractivity contribution in [2.24, 2.45) is 0 Å². The second-order valence-corrected chi connectivity index (χ2v) is 10.5. The number of sulfonamides is 1. The van der Waals surface area contributed by atoms with Crippen molar-refractivity contribution in [1.82, 2.24) is 23.8 Å². The number of hydrogen-bond acceptors (Lipinski definition) is 9. The second-order valence-electron chi connectivity index (χ2n) is 8.57. The van der Waals surface area contributed by atoms with Crippen LogP contribution in [0.25, 0.3) is 16.9 Å². The van der Waals surface area contributed by atoms with Crippen LogP contribution in [0.1, 0.15) is 12.2 Å². The molecule has 14 heteroatoms. The lowest BCUT2D eigenvalue weighted by Crippen LogP contribution is -2.49. The molecule has 0 aliphatic carbocycles. The molecule has 4 heterocycles. The molecule has 0 bridgehead atoms. The quantitative estimate of drug-likeness (QED) is 0.477. The minimum absolute atomic E-state index is 0.248. The molecule has 0 unspecified atom stereocenters. The largest absolute Gasteiger partial charge is 0.494 e. The lowest BCUT2D eigenvalue weighted by atomic mass is 10.3. The van der Waals surface area contributed by atoms with Crippen LogP contribution < -0.4 is 14.5 Å². The smallest absolute Gasteiger partial charge is 0.296 e. The predicted molar refractivity (Wildman–Crippen MR) is 130 cm³/mol. The van der Waals surface area contributed by atoms with Gasteiger partial charge in [0.1, 0.15) is 22.9 Å². The van der Waals surface area contributed by atoms with Crippen LogP contribution in [-0.2, 0) is 14.8 Å². The highest BCUT2D eigenvalue weighted by molar-refractivity contribution is 7.88. The van der Waals surface area contributed by atoms with Gasteiger partial charge in [-0.05, 0) is 12.1 Å². The molecule has 2 aromatic heterocycles. The third-order valence-electron chi connectivity index (χ3n) is 6.33. The number of methoxy groups -OCH3 is 1. The van der Waals surface area contributed by atoms with Gasteiger partial charge in [0.2, 0.25) is 16.0 Å². The van der Waals surface area contributed by atoms with Gasteiger partial charge in [0, 0.05) is 45.3 Å². The number of para-hydroxylation sites is 1. The first-order chi connectivity index (χ1) is 17.3. The predicted octanol–water partition coefficient (Wildman–Crippen LogP) is 1.68. The first-order valence-electron chi connectivity index (χ1n) is 11.5. The molecule has 2 aliphatic rings. The number of piperazine rings is 1. The van der Waals surface area contributed by atoms with E-state index in [2.05, 4.69) is 9.97 Å². The van der Waals surface area contributed by atoms with Gasteiger partial charge in [-0.15, -0.1) is 0 Å². The summed E-state index contributed by atoms with van der Waals surface area (Å²) in [4.78, 5) is 17.5. The van der Waals surface area contributed by atoms with Crippen molar-refractivity contribution < 1.29 is 26.7 Å². The summed E-state index contributed by atoms with van der Waals surface area (Å²) in [6.07, 6.45) is -1.67. The standard InChI is InChI=1S/C22H27F2N7O4S/c1-34-16-5-3-4-15-19(16)27-21(20(23)24)31(15)18-14-17(28-10-12-35-13-11-28)25-22(26-18)29-6-8-30(9-7-29)36(2,32)33/h3-5,14,20H,6-13H2,1-2H3. The Morgan fingerprint density at radius 1 is 0.972 bits per heavy atom. The number of rotatable bonds is 6. The fourth-order valence-corrected chi connectivity index (χ4v) is 5.31. The van der Waals surface area contributed by atoms with E-state index in [-0.39, 0.29) is 18.9 Å². The third kappa shape index (κ3) is 4.67. The van der Waals surface area contributed by atoms with Crippen LogP contribution in [0.5, 0.6) is 5.75 Å². The van der Waals surface area contributed by atoms with Crippen molar-refractivity contribution in [3.05, 3.63) is 30.1 Å². The van der Waals surface area contributed by atoms with E-state index >= 15 is 0 Å². The second kappa shape index (κ2) is 9.75. The minimum Gasteiger partial charge on any atom is -0.494 e. The van der Waals surface area contributed by atoms with Crippen molar-refractivity contribution in [3.63, 3.8) is 0 Å². The summed E-state index contributed by atoms with van der Waals surface area (Å²) in [6, 6.07) is 6.75. The summed E-state index contributed by atoms with van der Waals surface area (Å²) in [6.45, 7) is 3.55. The lowest BCUT2D eigenvalue weighted by molar-refractivity contribution is 0.122. The molecular weight excluding hydrogens is 496 g/mol. The van der Waals surface area contributed by atoms with Crippen LogP contribution in [0, 0.1) is 0 Å². The number of aromatic nitrogens is 4. The van der Waals surface area contributed by atoms with E-state index in [1.54, 1.807) is 24.3 Å². The monoisotopic (exact) mass is 523 g/mol. The fraction of sp³-hybridized carbons (Fsp3) is 0.500. The van der Waals surface area contributed by atoms with Crippen molar-refractivity contribution >= 4 is 32.8 Å². The molecule has 194 valence electrons. The van der Waals surface area contributed by atoms with E-state index in [4.69, 9.17) is 14.5 Å². The molecule has 5 rings (SSSR count). The third-order valence-corrected chi connectivity index (χ3v) is 7.63. The minimum atomic E-state index is -3.31. The number of imidazole rings is 1. The van der Waals surface area contributed by atoms with Crippen LogP contribution in [-0.4, -0.2) is 98.1 Å². The summed E-state index contributed by atoms with van der Waals surface area (Å²) in [7, 11) is -1.85. The number of halogens is 2. The average Bonchev–Trinajstić information content (AvgIpc) is 3.29. The van der Waals surface area contributed by atoms with E-state index in [0.717, 1.165) is 0 Å². The average molecular weight is 524 g/mol. The number of alkyl halides is 2. The van der Waals surface area contributed by atoms with Crippen LogP contribution in [0.4, 0.5) is 20.5 Å². The zero-order valence-corrected chi connectivity index (χ0v) is 20.8. The van der Waals surface area contributed by atoms with Crippen molar-refractivity contribution in [2.45, 2.75) is 6.43 Å². The van der Waals surface area contributed by atoms with Crippen molar-refractivity contribution in [2.75, 3.05) is 75.6 Å². The van der Waals surface area contributed by atoms with E-state index in [1.165, 1.54) is 22.2 Å². The van der Waals surface area contributed by atoms with E-state index in [1.807, 2.05) is 9.80 Å². The Morgan fingerprint density at radius 3 is 2.31 bits per heavy atom. The summed E-state index contributed by atoms with van der Waals surface area (Å²) in [5, 5.41) is 0. The van der Waals surface area contributed by atoms with E-state index < -0.39 is 22.3 Å². The maximum absolute atomic E-state index is 14.2. The highest BCUT2D eigenvalue weighted by atomic mass is 32.2. The van der Waals surface area contributed by atoms with Crippen LogP contribution >= 0.6 is 0 Å². The SMILES string of the molecule is COc1cccc2c1nc(C(F)F)n2-c1cc(N2CCOCC2)nc(N2CCN(S(C)(=O)=O)CC2)n1. The van der Waals surface area contributed by atoms with E-state index in [0.29, 0.717) is 67.9 Å². The van der Waals surface area contributed by atoms with Crippen molar-refractivity contribution in [3.8, 4) is 11.6 Å². The molecule has 0 atom stereocenters. The van der Waals surface area contributed by atoms with Gasteiger partial charge in [-0.3, -0.25) is 4.57 Å². The number of nitrogens with zero attached hydrogens (tertiary/aromatic N) is 7. The summed E-state index contributed by atoms with van der Waals surface area (Å²) < 4.78 is 65.8. The molecule has 3 aromatic rings. The molecule has 0 spiro atoms. The molecule has 1 aromatic carbocycles. The van der Waals surface area contributed by atoms with Gasteiger partial charge in [-0.2, -0.15) is 14.3 Å². The molecule has 2 fully saturated rings. The Balaban J connectivity index is 1.63.